The summed E-state index contributed by atoms with van der Waals surface area (Å²) in [4.78, 5) is 15.1. The Kier molecular flexibility index (Phi) is 5.95. The number of hydrogen-bond acceptors (Lipinski definition) is 6. The molecule has 9 heteroatoms. The third-order valence-electron chi connectivity index (χ3n) is 4.71. The number of nitrogens with one attached hydrogen (secondary N) is 2. The molecule has 0 radical (unpaired) electrons. The van der Waals surface area contributed by atoms with Gasteiger partial charge in [0, 0.05) is 32.1 Å². The van der Waals surface area contributed by atoms with Crippen LogP contribution in [-0.4, -0.2) is 39.1 Å². The summed E-state index contributed by atoms with van der Waals surface area (Å²) in [5, 5.41) is 2.77. The summed E-state index contributed by atoms with van der Waals surface area (Å²) < 4.78 is 33.8. The SMILES string of the molecule is CC(=O)Nc1ncc(S(=O)(=O)NCC2(c3cccc(C)c3)CCOCC2)s1. The highest BCUT2D eigenvalue weighted by molar-refractivity contribution is 7.91. The molecule has 27 heavy (non-hydrogen) atoms. The first-order valence-corrected chi connectivity index (χ1v) is 11.0. The summed E-state index contributed by atoms with van der Waals surface area (Å²) in [6, 6.07) is 8.19. The normalized spacial score (nSPS) is 16.8. The second-order valence-corrected chi connectivity index (χ2v) is 9.78. The van der Waals surface area contributed by atoms with Crippen molar-refractivity contribution >= 4 is 32.4 Å². The number of benzene rings is 1. The number of nitrogens with zero attached hydrogens (tertiary/aromatic N) is 1. The molecule has 1 aliphatic heterocycles. The van der Waals surface area contributed by atoms with Crippen LogP contribution in [0.4, 0.5) is 5.13 Å². The molecular formula is C18H23N3O4S2. The molecule has 0 unspecified atom stereocenters. The zero-order valence-electron chi connectivity index (χ0n) is 15.3. The van der Waals surface area contributed by atoms with Gasteiger partial charge in [0.1, 0.15) is 0 Å². The Labute approximate surface area is 163 Å². The van der Waals surface area contributed by atoms with E-state index in [0.29, 0.717) is 13.2 Å². The quantitative estimate of drug-likeness (QED) is 0.764. The van der Waals surface area contributed by atoms with Gasteiger partial charge in [-0.2, -0.15) is 0 Å². The lowest BCUT2D eigenvalue weighted by atomic mass is 9.74. The van der Waals surface area contributed by atoms with Gasteiger partial charge in [-0.3, -0.25) is 4.79 Å². The van der Waals surface area contributed by atoms with Crippen LogP contribution in [0, 0.1) is 6.92 Å². The van der Waals surface area contributed by atoms with Crippen LogP contribution in [-0.2, 0) is 25.0 Å². The van der Waals surface area contributed by atoms with E-state index in [1.165, 1.54) is 13.1 Å². The van der Waals surface area contributed by atoms with Crippen molar-refractivity contribution in [2.24, 2.45) is 0 Å². The van der Waals surface area contributed by atoms with E-state index in [9.17, 15) is 13.2 Å². The fourth-order valence-corrected chi connectivity index (χ4v) is 5.45. The second-order valence-electron chi connectivity index (χ2n) is 6.75. The fraction of sp³-hybridized carbons (Fsp3) is 0.444. The predicted molar refractivity (Wildman–Crippen MR) is 105 cm³/mol. The molecule has 3 rings (SSSR count). The van der Waals surface area contributed by atoms with Crippen LogP contribution in [0.15, 0.2) is 34.7 Å². The standard InChI is InChI=1S/C18H23N3O4S2/c1-13-4-3-5-15(10-13)18(6-8-25-9-7-18)12-20-27(23,24)16-11-19-17(26-16)21-14(2)22/h3-5,10-11,20H,6-9,12H2,1-2H3,(H,19,21,22). The summed E-state index contributed by atoms with van der Waals surface area (Å²) in [6.07, 6.45) is 2.76. The van der Waals surface area contributed by atoms with Gasteiger partial charge in [-0.1, -0.05) is 41.2 Å². The van der Waals surface area contributed by atoms with Crippen molar-refractivity contribution in [1.82, 2.24) is 9.71 Å². The van der Waals surface area contributed by atoms with Crippen LogP contribution < -0.4 is 10.0 Å². The monoisotopic (exact) mass is 409 g/mol. The molecular weight excluding hydrogens is 386 g/mol. The van der Waals surface area contributed by atoms with E-state index in [0.717, 1.165) is 35.3 Å². The van der Waals surface area contributed by atoms with Crippen molar-refractivity contribution in [1.29, 1.82) is 0 Å². The van der Waals surface area contributed by atoms with Gasteiger partial charge in [-0.15, -0.1) is 0 Å². The zero-order valence-corrected chi connectivity index (χ0v) is 17.0. The number of amides is 1. The summed E-state index contributed by atoms with van der Waals surface area (Å²) in [5.74, 6) is -0.290. The van der Waals surface area contributed by atoms with E-state index in [2.05, 4.69) is 21.1 Å². The minimum Gasteiger partial charge on any atom is -0.381 e. The highest BCUT2D eigenvalue weighted by Gasteiger charge is 2.36. The van der Waals surface area contributed by atoms with E-state index < -0.39 is 10.0 Å². The van der Waals surface area contributed by atoms with E-state index in [4.69, 9.17) is 4.74 Å². The van der Waals surface area contributed by atoms with E-state index >= 15 is 0 Å². The van der Waals surface area contributed by atoms with Gasteiger partial charge in [-0.05, 0) is 25.3 Å². The molecule has 1 aliphatic rings. The third-order valence-corrected chi connectivity index (χ3v) is 7.49. The highest BCUT2D eigenvalue weighted by atomic mass is 32.2. The maximum atomic E-state index is 12.7. The molecule has 1 aromatic heterocycles. The molecule has 0 spiro atoms. The number of hydrogen-bond donors (Lipinski definition) is 2. The largest absolute Gasteiger partial charge is 0.381 e. The molecule has 0 atom stereocenters. The van der Waals surface area contributed by atoms with Crippen molar-refractivity contribution in [3.05, 3.63) is 41.6 Å². The maximum absolute atomic E-state index is 12.7. The second kappa shape index (κ2) is 8.05. The average molecular weight is 410 g/mol. The number of aryl methyl sites for hydroxylation is 1. The molecule has 1 aromatic carbocycles. The summed E-state index contributed by atoms with van der Waals surface area (Å²) in [7, 11) is -3.72. The van der Waals surface area contributed by atoms with Gasteiger partial charge in [0.2, 0.25) is 5.91 Å². The number of sulfonamides is 1. The number of anilines is 1. The van der Waals surface area contributed by atoms with E-state index in [1.54, 1.807) is 0 Å². The lowest BCUT2D eigenvalue weighted by molar-refractivity contribution is -0.114. The molecule has 0 saturated carbocycles. The fourth-order valence-electron chi connectivity index (χ4n) is 3.20. The minimum atomic E-state index is -3.72. The highest BCUT2D eigenvalue weighted by Crippen LogP contribution is 2.35. The lowest BCUT2D eigenvalue weighted by Crippen LogP contribution is -2.44. The Bertz CT molecular complexity index is 918. The molecule has 1 saturated heterocycles. The summed E-state index contributed by atoms with van der Waals surface area (Å²) in [6.45, 7) is 4.87. The number of aromatic nitrogens is 1. The van der Waals surface area contributed by atoms with Crippen molar-refractivity contribution in [3.63, 3.8) is 0 Å². The van der Waals surface area contributed by atoms with Gasteiger partial charge in [0.15, 0.2) is 9.34 Å². The zero-order chi connectivity index (χ0) is 19.5. The Balaban J connectivity index is 1.80. The molecule has 2 heterocycles. The Hall–Kier alpha value is -1.81. The van der Waals surface area contributed by atoms with Gasteiger partial charge >= 0.3 is 0 Å². The molecule has 1 amide bonds. The topological polar surface area (TPSA) is 97.4 Å². The maximum Gasteiger partial charge on any atom is 0.251 e. The molecule has 0 aliphatic carbocycles. The number of carbonyl (C=O) groups excluding carboxylic acids is 1. The van der Waals surface area contributed by atoms with E-state index in [-0.39, 0.29) is 27.2 Å². The van der Waals surface area contributed by atoms with Crippen LogP contribution >= 0.6 is 11.3 Å². The van der Waals surface area contributed by atoms with Crippen molar-refractivity contribution < 1.29 is 17.9 Å². The van der Waals surface area contributed by atoms with Gasteiger partial charge < -0.3 is 10.1 Å². The van der Waals surface area contributed by atoms with Crippen LogP contribution in [0.1, 0.15) is 30.9 Å². The van der Waals surface area contributed by atoms with E-state index in [1.807, 2.05) is 25.1 Å². The van der Waals surface area contributed by atoms with Crippen molar-refractivity contribution in [2.75, 3.05) is 25.1 Å². The van der Waals surface area contributed by atoms with Crippen molar-refractivity contribution in [2.45, 2.75) is 36.3 Å². The first-order chi connectivity index (χ1) is 12.8. The Morgan fingerprint density at radius 2 is 2.07 bits per heavy atom. The Morgan fingerprint density at radius 1 is 1.33 bits per heavy atom. The average Bonchev–Trinajstić information content (AvgIpc) is 3.10. The van der Waals surface area contributed by atoms with Gasteiger partial charge in [0.25, 0.3) is 10.0 Å². The summed E-state index contributed by atoms with van der Waals surface area (Å²) >= 11 is 0.934. The number of ether oxygens (including phenoxy) is 1. The number of rotatable bonds is 6. The van der Waals surface area contributed by atoms with Crippen LogP contribution in [0.3, 0.4) is 0 Å². The van der Waals surface area contributed by atoms with Crippen molar-refractivity contribution in [3.8, 4) is 0 Å². The van der Waals surface area contributed by atoms with Crippen LogP contribution in [0.25, 0.3) is 0 Å². The molecule has 2 N–H and O–H groups in total. The summed E-state index contributed by atoms with van der Waals surface area (Å²) in [5.41, 5.74) is 1.96. The third kappa shape index (κ3) is 4.73. The lowest BCUT2D eigenvalue weighted by Gasteiger charge is -2.38. The molecule has 146 valence electrons. The van der Waals surface area contributed by atoms with Crippen LogP contribution in [0.2, 0.25) is 0 Å². The minimum absolute atomic E-state index is 0.0812. The molecule has 1 fully saturated rings. The smallest absolute Gasteiger partial charge is 0.251 e. The molecule has 7 nitrogen and oxygen atoms in total. The Morgan fingerprint density at radius 3 is 2.74 bits per heavy atom. The molecule has 2 aromatic rings. The molecule has 0 bridgehead atoms. The number of thiazole rings is 1. The first kappa shape index (κ1) is 19.9. The van der Waals surface area contributed by atoms with Crippen LogP contribution in [0.5, 0.6) is 0 Å². The van der Waals surface area contributed by atoms with Gasteiger partial charge in [0.05, 0.1) is 6.20 Å². The number of carbonyl (C=O) groups is 1. The first-order valence-electron chi connectivity index (χ1n) is 8.69. The predicted octanol–water partition coefficient (Wildman–Crippen LogP) is 2.44. The van der Waals surface area contributed by atoms with Gasteiger partial charge in [-0.25, -0.2) is 18.1 Å².